The van der Waals surface area contributed by atoms with Crippen molar-refractivity contribution in [2.75, 3.05) is 0 Å². The van der Waals surface area contributed by atoms with Gasteiger partial charge < -0.3 is 9.88 Å². The number of imidazole rings is 1. The second-order valence-electron chi connectivity index (χ2n) is 7.30. The van der Waals surface area contributed by atoms with Gasteiger partial charge in [0.1, 0.15) is 5.82 Å². The molecule has 4 heteroatoms. The molecule has 3 aromatic rings. The number of hydrogen-bond acceptors (Lipinski definition) is 2. The van der Waals surface area contributed by atoms with Gasteiger partial charge >= 0.3 is 0 Å². The lowest BCUT2D eigenvalue weighted by molar-refractivity contribution is 0.0913. The molecule has 0 aliphatic rings. The Balaban J connectivity index is 1.63. The van der Waals surface area contributed by atoms with Crippen LogP contribution in [0, 0.1) is 6.92 Å². The van der Waals surface area contributed by atoms with E-state index in [0.717, 1.165) is 24.4 Å². The van der Waals surface area contributed by atoms with Crippen LogP contribution in [0.1, 0.15) is 41.2 Å². The lowest BCUT2D eigenvalue weighted by atomic mass is 9.94. The van der Waals surface area contributed by atoms with Crippen LogP contribution in [0.5, 0.6) is 0 Å². The van der Waals surface area contributed by atoms with Gasteiger partial charge in [-0.25, -0.2) is 4.98 Å². The van der Waals surface area contributed by atoms with Gasteiger partial charge in [0, 0.05) is 30.0 Å². The van der Waals surface area contributed by atoms with Gasteiger partial charge in [-0.3, -0.25) is 4.79 Å². The van der Waals surface area contributed by atoms with Crippen molar-refractivity contribution < 1.29 is 4.79 Å². The van der Waals surface area contributed by atoms with E-state index in [4.69, 9.17) is 0 Å². The number of rotatable bonds is 6. The summed E-state index contributed by atoms with van der Waals surface area (Å²) in [7, 11) is 0. The fourth-order valence-electron chi connectivity index (χ4n) is 3.06. The molecule has 1 N–H and O–H groups in total. The number of hydrogen-bond donors (Lipinski definition) is 1. The molecule has 0 saturated heterocycles. The van der Waals surface area contributed by atoms with Gasteiger partial charge in [0.05, 0.1) is 0 Å². The number of aryl methyl sites for hydroxylation is 1. The number of benzene rings is 2. The van der Waals surface area contributed by atoms with Crippen LogP contribution in [0.25, 0.3) is 0 Å². The Hall–Kier alpha value is -2.88. The van der Waals surface area contributed by atoms with E-state index >= 15 is 0 Å². The van der Waals surface area contributed by atoms with Crippen molar-refractivity contribution in [3.05, 3.63) is 89.5 Å². The Morgan fingerprint density at radius 3 is 2.35 bits per heavy atom. The molecule has 134 valence electrons. The van der Waals surface area contributed by atoms with Gasteiger partial charge in [-0.15, -0.1) is 0 Å². The summed E-state index contributed by atoms with van der Waals surface area (Å²) in [5, 5.41) is 3.14. The molecule has 0 atom stereocenters. The molecule has 0 aliphatic heterocycles. The van der Waals surface area contributed by atoms with Crippen LogP contribution >= 0.6 is 0 Å². The summed E-state index contributed by atoms with van der Waals surface area (Å²) in [6, 6.07) is 18.0. The SMILES string of the molecule is Cc1nccn1Cc1ccc(C(=O)NC(C)(C)Cc2ccccc2)cc1. The first-order valence-corrected chi connectivity index (χ1v) is 8.86. The van der Waals surface area contributed by atoms with Crippen LogP contribution in [0.3, 0.4) is 0 Å². The summed E-state index contributed by atoms with van der Waals surface area (Å²) in [6.07, 6.45) is 4.55. The molecule has 0 bridgehead atoms. The van der Waals surface area contributed by atoms with Crippen LogP contribution in [0.2, 0.25) is 0 Å². The molecule has 2 aromatic carbocycles. The fourth-order valence-corrected chi connectivity index (χ4v) is 3.06. The molecule has 0 unspecified atom stereocenters. The molecule has 0 saturated carbocycles. The van der Waals surface area contributed by atoms with E-state index in [1.165, 1.54) is 5.56 Å². The monoisotopic (exact) mass is 347 g/mol. The van der Waals surface area contributed by atoms with E-state index < -0.39 is 0 Å². The maximum absolute atomic E-state index is 12.6. The number of aromatic nitrogens is 2. The molecular formula is C22H25N3O. The van der Waals surface area contributed by atoms with Gasteiger partial charge in [-0.05, 0) is 50.5 Å². The topological polar surface area (TPSA) is 46.9 Å². The van der Waals surface area contributed by atoms with Crippen molar-refractivity contribution in [2.45, 2.75) is 39.3 Å². The molecule has 26 heavy (non-hydrogen) atoms. The fraction of sp³-hybridized carbons (Fsp3) is 0.273. The van der Waals surface area contributed by atoms with E-state index in [1.807, 2.05) is 69.4 Å². The normalized spacial score (nSPS) is 11.3. The van der Waals surface area contributed by atoms with Gasteiger partial charge in [-0.2, -0.15) is 0 Å². The predicted octanol–water partition coefficient (Wildman–Crippen LogP) is 3.99. The van der Waals surface area contributed by atoms with E-state index in [9.17, 15) is 4.79 Å². The number of amides is 1. The summed E-state index contributed by atoms with van der Waals surface area (Å²) in [5.74, 6) is 0.936. The number of nitrogens with one attached hydrogen (secondary N) is 1. The first kappa shape index (κ1) is 17.9. The Bertz CT molecular complexity index is 864. The lowest BCUT2D eigenvalue weighted by Crippen LogP contribution is -2.45. The van der Waals surface area contributed by atoms with Crippen LogP contribution in [0.4, 0.5) is 0 Å². The van der Waals surface area contributed by atoms with Crippen LogP contribution in [-0.4, -0.2) is 21.0 Å². The molecule has 4 nitrogen and oxygen atoms in total. The van der Waals surface area contributed by atoms with Gasteiger partial charge in [0.15, 0.2) is 0 Å². The second kappa shape index (κ2) is 7.56. The standard InChI is InChI=1S/C22H25N3O/c1-17-23-13-14-25(17)16-19-9-11-20(12-10-19)21(26)24-22(2,3)15-18-7-5-4-6-8-18/h4-14H,15-16H2,1-3H3,(H,24,26). The molecule has 3 rings (SSSR count). The highest BCUT2D eigenvalue weighted by Gasteiger charge is 2.21. The zero-order chi connectivity index (χ0) is 18.6. The molecule has 0 radical (unpaired) electrons. The predicted molar refractivity (Wildman–Crippen MR) is 104 cm³/mol. The highest BCUT2D eigenvalue weighted by molar-refractivity contribution is 5.94. The maximum atomic E-state index is 12.6. The summed E-state index contributed by atoms with van der Waals surface area (Å²) in [4.78, 5) is 16.8. The summed E-state index contributed by atoms with van der Waals surface area (Å²) in [5.41, 5.74) is 2.72. The van der Waals surface area contributed by atoms with Crippen LogP contribution in [-0.2, 0) is 13.0 Å². The second-order valence-corrected chi connectivity index (χ2v) is 7.30. The Labute approximate surface area is 154 Å². The minimum Gasteiger partial charge on any atom is -0.347 e. The number of nitrogens with zero attached hydrogens (tertiary/aromatic N) is 2. The Kier molecular flexibility index (Phi) is 5.21. The summed E-state index contributed by atoms with van der Waals surface area (Å²) in [6.45, 7) is 6.84. The lowest BCUT2D eigenvalue weighted by Gasteiger charge is -2.26. The van der Waals surface area contributed by atoms with Crippen molar-refractivity contribution in [3.63, 3.8) is 0 Å². The third kappa shape index (κ3) is 4.60. The summed E-state index contributed by atoms with van der Waals surface area (Å²) >= 11 is 0. The van der Waals surface area contributed by atoms with Crippen molar-refractivity contribution >= 4 is 5.91 Å². The van der Waals surface area contributed by atoms with Gasteiger partial charge in [-0.1, -0.05) is 42.5 Å². The highest BCUT2D eigenvalue weighted by Crippen LogP contribution is 2.14. The smallest absolute Gasteiger partial charge is 0.251 e. The van der Waals surface area contributed by atoms with Crippen molar-refractivity contribution in [1.82, 2.24) is 14.9 Å². The first-order valence-electron chi connectivity index (χ1n) is 8.86. The molecule has 1 aromatic heterocycles. The van der Waals surface area contributed by atoms with Crippen LogP contribution in [0.15, 0.2) is 67.0 Å². The zero-order valence-corrected chi connectivity index (χ0v) is 15.6. The quantitative estimate of drug-likeness (QED) is 0.733. The van der Waals surface area contributed by atoms with Gasteiger partial charge in [0.2, 0.25) is 0 Å². The van der Waals surface area contributed by atoms with E-state index in [2.05, 4.69) is 27.0 Å². The Morgan fingerprint density at radius 2 is 1.73 bits per heavy atom. The third-order valence-corrected chi connectivity index (χ3v) is 4.43. The molecule has 0 spiro atoms. The molecule has 0 fully saturated rings. The third-order valence-electron chi connectivity index (χ3n) is 4.43. The van der Waals surface area contributed by atoms with E-state index in [1.54, 1.807) is 6.20 Å². The van der Waals surface area contributed by atoms with Crippen molar-refractivity contribution in [1.29, 1.82) is 0 Å². The van der Waals surface area contributed by atoms with Crippen molar-refractivity contribution in [2.24, 2.45) is 0 Å². The first-order chi connectivity index (χ1) is 12.4. The average Bonchev–Trinajstić information content (AvgIpc) is 3.00. The summed E-state index contributed by atoms with van der Waals surface area (Å²) < 4.78 is 2.08. The maximum Gasteiger partial charge on any atom is 0.251 e. The van der Waals surface area contributed by atoms with Crippen LogP contribution < -0.4 is 5.32 Å². The molecular weight excluding hydrogens is 322 g/mol. The highest BCUT2D eigenvalue weighted by atomic mass is 16.1. The average molecular weight is 347 g/mol. The molecule has 1 amide bonds. The number of carbonyl (C=O) groups excluding carboxylic acids is 1. The minimum absolute atomic E-state index is 0.0451. The number of carbonyl (C=O) groups is 1. The minimum atomic E-state index is -0.314. The zero-order valence-electron chi connectivity index (χ0n) is 15.6. The van der Waals surface area contributed by atoms with E-state index in [-0.39, 0.29) is 11.4 Å². The Morgan fingerprint density at radius 1 is 1.04 bits per heavy atom. The molecule has 0 aliphatic carbocycles. The van der Waals surface area contributed by atoms with Gasteiger partial charge in [0.25, 0.3) is 5.91 Å². The van der Waals surface area contributed by atoms with E-state index in [0.29, 0.717) is 5.56 Å². The largest absolute Gasteiger partial charge is 0.347 e. The van der Waals surface area contributed by atoms with Crippen molar-refractivity contribution in [3.8, 4) is 0 Å². The molecule has 1 heterocycles.